The van der Waals surface area contributed by atoms with Crippen LogP contribution in [0.25, 0.3) is 0 Å². The molecule has 1 atom stereocenters. The van der Waals surface area contributed by atoms with Crippen LogP contribution in [0.3, 0.4) is 0 Å². The molecular weight excluding hydrogens is 186 g/mol. The second-order valence-electron chi connectivity index (χ2n) is 2.79. The Morgan fingerprint density at radius 2 is 2.31 bits per heavy atom. The molecule has 13 heavy (non-hydrogen) atoms. The van der Waals surface area contributed by atoms with Gasteiger partial charge in [0.05, 0.1) is 6.04 Å². The molecule has 0 saturated carbocycles. The summed E-state index contributed by atoms with van der Waals surface area (Å²) >= 11 is 0. The van der Waals surface area contributed by atoms with Gasteiger partial charge in [-0.15, -0.1) is 19.0 Å². The van der Waals surface area contributed by atoms with Crippen molar-refractivity contribution in [1.82, 2.24) is 0 Å². The first-order chi connectivity index (χ1) is 5.77. The van der Waals surface area contributed by atoms with E-state index in [4.69, 9.17) is 10.2 Å². The van der Waals surface area contributed by atoms with Crippen molar-refractivity contribution in [3.63, 3.8) is 0 Å². The lowest BCUT2D eigenvalue weighted by Gasteiger charge is -2.03. The van der Waals surface area contributed by atoms with Crippen molar-refractivity contribution in [1.29, 1.82) is 0 Å². The summed E-state index contributed by atoms with van der Waals surface area (Å²) in [6, 6.07) is 3.87. The van der Waals surface area contributed by atoms with Gasteiger partial charge < -0.3 is 10.2 Å². The molecule has 1 heterocycles. The maximum atomic E-state index is 5.81. The molecule has 0 fully saturated rings. The Kier molecular flexibility index (Phi) is 5.51. The Hall–Kier alpha value is -0.730. The summed E-state index contributed by atoms with van der Waals surface area (Å²) in [6.45, 7) is 5.69. The molecule has 2 N–H and O–H groups in total. The monoisotopic (exact) mass is 201 g/mol. The van der Waals surface area contributed by atoms with Gasteiger partial charge in [-0.2, -0.15) is 0 Å². The van der Waals surface area contributed by atoms with E-state index in [2.05, 4.69) is 13.5 Å². The normalized spacial score (nSPS) is 11.8. The molecule has 1 aromatic rings. The number of furan rings is 1. The topological polar surface area (TPSA) is 39.2 Å². The first-order valence-corrected chi connectivity index (χ1v) is 4.23. The van der Waals surface area contributed by atoms with Crippen molar-refractivity contribution in [3.8, 4) is 0 Å². The third kappa shape index (κ3) is 3.25. The third-order valence-corrected chi connectivity index (χ3v) is 1.82. The van der Waals surface area contributed by atoms with Gasteiger partial charge in [-0.25, -0.2) is 0 Å². The summed E-state index contributed by atoms with van der Waals surface area (Å²) < 4.78 is 5.47. The summed E-state index contributed by atoms with van der Waals surface area (Å²) in [5.74, 6) is 1.84. The first-order valence-electron chi connectivity index (χ1n) is 4.23. The van der Waals surface area contributed by atoms with Crippen LogP contribution in [0.15, 0.2) is 29.2 Å². The summed E-state index contributed by atoms with van der Waals surface area (Å²) in [6.07, 6.45) is 3.48. The average Bonchev–Trinajstić information content (AvgIpc) is 2.52. The van der Waals surface area contributed by atoms with Crippen LogP contribution in [-0.2, 0) is 6.42 Å². The van der Waals surface area contributed by atoms with Gasteiger partial charge in [0.25, 0.3) is 0 Å². The van der Waals surface area contributed by atoms with E-state index >= 15 is 0 Å². The van der Waals surface area contributed by atoms with Crippen LogP contribution in [0.4, 0.5) is 0 Å². The van der Waals surface area contributed by atoms with Crippen LogP contribution < -0.4 is 5.73 Å². The van der Waals surface area contributed by atoms with Crippen molar-refractivity contribution in [2.45, 2.75) is 25.8 Å². The number of aryl methyl sites for hydroxylation is 1. The number of hydrogen-bond donors (Lipinski definition) is 1. The summed E-state index contributed by atoms with van der Waals surface area (Å²) in [5, 5.41) is 0. The molecule has 0 saturated heterocycles. The molecule has 0 amide bonds. The predicted octanol–water partition coefficient (Wildman–Crippen LogP) is 2.84. The van der Waals surface area contributed by atoms with Gasteiger partial charge in [0, 0.05) is 6.42 Å². The van der Waals surface area contributed by atoms with Crippen LogP contribution >= 0.6 is 12.4 Å². The van der Waals surface area contributed by atoms with Crippen molar-refractivity contribution in [2.24, 2.45) is 5.73 Å². The maximum Gasteiger partial charge on any atom is 0.121 e. The summed E-state index contributed by atoms with van der Waals surface area (Å²) in [5.41, 5.74) is 5.81. The highest BCUT2D eigenvalue weighted by Gasteiger charge is 2.07. The van der Waals surface area contributed by atoms with Crippen LogP contribution in [-0.4, -0.2) is 0 Å². The lowest BCUT2D eigenvalue weighted by atomic mass is 10.2. The van der Waals surface area contributed by atoms with E-state index in [1.54, 1.807) is 6.08 Å². The average molecular weight is 202 g/mol. The fourth-order valence-electron chi connectivity index (χ4n) is 1.08. The highest BCUT2D eigenvalue weighted by molar-refractivity contribution is 5.85. The molecule has 0 spiro atoms. The van der Waals surface area contributed by atoms with E-state index < -0.39 is 0 Å². The van der Waals surface area contributed by atoms with Crippen molar-refractivity contribution < 1.29 is 4.42 Å². The van der Waals surface area contributed by atoms with Gasteiger partial charge in [-0.3, -0.25) is 0 Å². The van der Waals surface area contributed by atoms with Gasteiger partial charge in [0.2, 0.25) is 0 Å². The summed E-state index contributed by atoms with van der Waals surface area (Å²) in [7, 11) is 0. The number of rotatable bonds is 4. The van der Waals surface area contributed by atoms with E-state index in [9.17, 15) is 0 Å². The number of nitrogens with two attached hydrogens (primary N) is 1. The zero-order valence-corrected chi connectivity index (χ0v) is 8.64. The molecule has 74 valence electrons. The minimum Gasteiger partial charge on any atom is -0.464 e. The third-order valence-electron chi connectivity index (χ3n) is 1.82. The first kappa shape index (κ1) is 12.3. The highest BCUT2D eigenvalue weighted by atomic mass is 35.5. The Morgan fingerprint density at radius 1 is 1.62 bits per heavy atom. The van der Waals surface area contributed by atoms with Gasteiger partial charge in [0.1, 0.15) is 11.5 Å². The van der Waals surface area contributed by atoms with Crippen molar-refractivity contribution in [2.75, 3.05) is 0 Å². The maximum absolute atomic E-state index is 5.81. The SMILES string of the molecule is C=CC[C@H](N)c1ccc(CC)o1.Cl. The predicted molar refractivity (Wildman–Crippen MR) is 57.1 cm³/mol. The van der Waals surface area contributed by atoms with Crippen LogP contribution in [0, 0.1) is 0 Å². The van der Waals surface area contributed by atoms with E-state index in [0.717, 1.165) is 24.4 Å². The van der Waals surface area contributed by atoms with Gasteiger partial charge in [-0.05, 0) is 18.6 Å². The van der Waals surface area contributed by atoms with E-state index in [-0.39, 0.29) is 18.4 Å². The molecular formula is C10H16ClNO. The molecule has 0 aromatic carbocycles. The Morgan fingerprint density at radius 3 is 2.77 bits per heavy atom. The minimum atomic E-state index is -0.0391. The molecule has 2 nitrogen and oxygen atoms in total. The van der Waals surface area contributed by atoms with E-state index in [1.165, 1.54) is 0 Å². The Labute approximate surface area is 85.2 Å². The van der Waals surface area contributed by atoms with Crippen LogP contribution in [0.2, 0.25) is 0 Å². The molecule has 0 aliphatic rings. The van der Waals surface area contributed by atoms with E-state index in [0.29, 0.717) is 0 Å². The molecule has 0 aliphatic carbocycles. The molecule has 0 radical (unpaired) electrons. The Bertz CT molecular complexity index is 257. The molecule has 1 aromatic heterocycles. The number of halogens is 1. The lowest BCUT2D eigenvalue weighted by molar-refractivity contribution is 0.437. The zero-order chi connectivity index (χ0) is 8.97. The van der Waals surface area contributed by atoms with Crippen LogP contribution in [0.5, 0.6) is 0 Å². The van der Waals surface area contributed by atoms with Crippen molar-refractivity contribution >= 4 is 12.4 Å². The smallest absolute Gasteiger partial charge is 0.121 e. The minimum absolute atomic E-state index is 0. The summed E-state index contributed by atoms with van der Waals surface area (Å²) in [4.78, 5) is 0. The molecule has 1 rings (SSSR count). The lowest BCUT2D eigenvalue weighted by Crippen LogP contribution is -2.07. The van der Waals surface area contributed by atoms with Gasteiger partial charge in [0.15, 0.2) is 0 Å². The zero-order valence-electron chi connectivity index (χ0n) is 7.82. The number of hydrogen-bond acceptors (Lipinski definition) is 2. The molecule has 0 bridgehead atoms. The second-order valence-corrected chi connectivity index (χ2v) is 2.79. The molecule has 0 unspecified atom stereocenters. The molecule has 3 heteroatoms. The standard InChI is InChI=1S/C10H15NO.ClH/c1-3-5-9(11)10-7-6-8(4-2)12-10;/h3,6-7,9H,1,4-5,11H2,2H3;1H/t9-;/m0./s1. The Balaban J connectivity index is 0.00000144. The second kappa shape index (κ2) is 5.84. The fourth-order valence-corrected chi connectivity index (χ4v) is 1.08. The van der Waals surface area contributed by atoms with Gasteiger partial charge in [-0.1, -0.05) is 13.0 Å². The fraction of sp³-hybridized carbons (Fsp3) is 0.400. The van der Waals surface area contributed by atoms with Crippen LogP contribution in [0.1, 0.15) is 30.9 Å². The quantitative estimate of drug-likeness (QED) is 0.761. The highest BCUT2D eigenvalue weighted by Crippen LogP contribution is 2.17. The van der Waals surface area contributed by atoms with Crippen molar-refractivity contribution in [3.05, 3.63) is 36.3 Å². The molecule has 0 aliphatic heterocycles. The largest absolute Gasteiger partial charge is 0.464 e. The van der Waals surface area contributed by atoms with E-state index in [1.807, 2.05) is 12.1 Å². The van der Waals surface area contributed by atoms with Gasteiger partial charge >= 0.3 is 0 Å².